The van der Waals surface area contributed by atoms with Crippen molar-refractivity contribution in [2.24, 2.45) is 0 Å². The number of H-pyrrole nitrogens is 3. The van der Waals surface area contributed by atoms with Gasteiger partial charge in [0.25, 0.3) is 0 Å². The van der Waals surface area contributed by atoms with Gasteiger partial charge in [0.15, 0.2) is 0 Å². The second-order valence-corrected chi connectivity index (χ2v) is 7.01. The number of hydrogen-bond acceptors (Lipinski definition) is 3. The average Bonchev–Trinajstić information content (AvgIpc) is 2.60. The first kappa shape index (κ1) is 24.4. The summed E-state index contributed by atoms with van der Waals surface area (Å²) in [5, 5.41) is 0. The van der Waals surface area contributed by atoms with Crippen LogP contribution in [0.1, 0.15) is 79.1 Å². The van der Waals surface area contributed by atoms with E-state index >= 15 is 0 Å². The van der Waals surface area contributed by atoms with E-state index in [-0.39, 0.29) is 0 Å². The van der Waals surface area contributed by atoms with Crippen LogP contribution in [0.3, 0.4) is 0 Å². The van der Waals surface area contributed by atoms with Crippen LogP contribution in [0.15, 0.2) is 14.4 Å². The van der Waals surface area contributed by atoms with Crippen molar-refractivity contribution in [3.63, 3.8) is 0 Å². The molecular formula is C19H39N4O3+. The zero-order valence-corrected chi connectivity index (χ0v) is 17.2. The maximum absolute atomic E-state index is 10.2. The van der Waals surface area contributed by atoms with E-state index in [1.807, 2.05) is 0 Å². The largest absolute Gasteiger partial charge is 0.330 e. The molecule has 0 aliphatic rings. The summed E-state index contributed by atoms with van der Waals surface area (Å²) in [7, 11) is 0. The summed E-state index contributed by atoms with van der Waals surface area (Å²) in [4.78, 5) is 35.9. The Morgan fingerprint density at radius 2 is 0.769 bits per heavy atom. The van der Waals surface area contributed by atoms with Gasteiger partial charge in [-0.15, -0.1) is 0 Å². The summed E-state index contributed by atoms with van der Waals surface area (Å²) in [5.41, 5.74) is -2.41. The molecule has 7 heteroatoms. The fraction of sp³-hybridized carbons (Fsp3) is 0.842. The Morgan fingerprint density at radius 3 is 0.962 bits per heavy atom. The fourth-order valence-electron chi connectivity index (χ4n) is 3.05. The van der Waals surface area contributed by atoms with Gasteiger partial charge in [-0.25, -0.2) is 14.4 Å². The van der Waals surface area contributed by atoms with Gasteiger partial charge in [-0.05, 0) is 25.7 Å². The third kappa shape index (κ3) is 11.1. The van der Waals surface area contributed by atoms with Gasteiger partial charge in [0, 0.05) is 0 Å². The van der Waals surface area contributed by atoms with Crippen molar-refractivity contribution in [1.29, 1.82) is 0 Å². The first-order valence-electron chi connectivity index (χ1n) is 10.2. The molecule has 1 aromatic heterocycles. The SMILES string of the molecule is CCCC[N+](CCCC)(CCCC)CCCC.O=c1[nH]c(=O)[nH]c(=O)[nH]1. The maximum atomic E-state index is 10.2. The zero-order valence-electron chi connectivity index (χ0n) is 17.2. The molecule has 0 amide bonds. The molecule has 1 heterocycles. The molecule has 0 radical (unpaired) electrons. The second kappa shape index (κ2) is 14.5. The normalized spacial score (nSPS) is 11.1. The van der Waals surface area contributed by atoms with Crippen molar-refractivity contribution >= 4 is 0 Å². The summed E-state index contributed by atoms with van der Waals surface area (Å²) in [6.45, 7) is 15.0. The predicted octanol–water partition coefficient (Wildman–Crippen LogP) is 2.76. The summed E-state index contributed by atoms with van der Waals surface area (Å²) < 4.78 is 1.42. The Balaban J connectivity index is 0.000000577. The highest BCUT2D eigenvalue weighted by atomic mass is 16.2. The van der Waals surface area contributed by atoms with E-state index in [2.05, 4.69) is 27.7 Å². The van der Waals surface area contributed by atoms with Gasteiger partial charge >= 0.3 is 17.1 Å². The molecule has 1 aromatic rings. The minimum absolute atomic E-state index is 0.802. The van der Waals surface area contributed by atoms with Crippen molar-refractivity contribution in [3.8, 4) is 0 Å². The van der Waals surface area contributed by atoms with Gasteiger partial charge in [0.05, 0.1) is 26.2 Å². The third-order valence-electron chi connectivity index (χ3n) is 4.63. The molecule has 0 bridgehead atoms. The lowest BCUT2D eigenvalue weighted by Crippen LogP contribution is -2.50. The highest BCUT2D eigenvalue weighted by molar-refractivity contribution is 4.60. The smallest absolute Gasteiger partial charge is 0.324 e. The van der Waals surface area contributed by atoms with E-state index in [9.17, 15) is 14.4 Å². The minimum atomic E-state index is -0.802. The summed E-state index contributed by atoms with van der Waals surface area (Å²) in [6.07, 6.45) is 11.1. The highest BCUT2D eigenvalue weighted by Crippen LogP contribution is 2.16. The van der Waals surface area contributed by atoms with Crippen LogP contribution in [-0.2, 0) is 0 Å². The number of quaternary nitrogens is 1. The van der Waals surface area contributed by atoms with Gasteiger partial charge < -0.3 is 4.48 Å². The number of aromatic amines is 3. The predicted molar refractivity (Wildman–Crippen MR) is 108 cm³/mol. The Bertz CT molecular complexity index is 502. The number of unbranched alkanes of at least 4 members (excludes halogenated alkanes) is 4. The van der Waals surface area contributed by atoms with E-state index in [4.69, 9.17) is 0 Å². The van der Waals surface area contributed by atoms with Crippen molar-refractivity contribution in [1.82, 2.24) is 15.0 Å². The van der Waals surface area contributed by atoms with Gasteiger partial charge in [0.1, 0.15) is 0 Å². The van der Waals surface area contributed by atoms with Crippen LogP contribution < -0.4 is 17.1 Å². The van der Waals surface area contributed by atoms with Crippen LogP contribution in [0.25, 0.3) is 0 Å². The fourth-order valence-corrected chi connectivity index (χ4v) is 3.05. The number of rotatable bonds is 12. The highest BCUT2D eigenvalue weighted by Gasteiger charge is 2.24. The molecule has 3 N–H and O–H groups in total. The Morgan fingerprint density at radius 1 is 0.538 bits per heavy atom. The topological polar surface area (TPSA) is 98.6 Å². The number of hydrogen-bond donors (Lipinski definition) is 3. The van der Waals surface area contributed by atoms with E-state index in [1.54, 1.807) is 15.0 Å². The van der Waals surface area contributed by atoms with Crippen LogP contribution in [0.2, 0.25) is 0 Å². The lowest BCUT2D eigenvalue weighted by Gasteiger charge is -2.39. The molecule has 0 aliphatic carbocycles. The minimum Gasteiger partial charge on any atom is -0.324 e. The van der Waals surface area contributed by atoms with Crippen molar-refractivity contribution in [3.05, 3.63) is 31.5 Å². The van der Waals surface area contributed by atoms with Crippen molar-refractivity contribution < 1.29 is 4.48 Å². The number of nitrogens with one attached hydrogen (secondary N) is 3. The summed E-state index contributed by atoms with van der Waals surface area (Å²) in [6, 6.07) is 0. The molecular weight excluding hydrogens is 332 g/mol. The van der Waals surface area contributed by atoms with Crippen LogP contribution in [-0.4, -0.2) is 45.6 Å². The monoisotopic (exact) mass is 371 g/mol. The lowest BCUT2D eigenvalue weighted by atomic mass is 10.1. The van der Waals surface area contributed by atoms with Gasteiger partial charge in [0.2, 0.25) is 0 Å². The molecule has 0 spiro atoms. The molecule has 1 rings (SSSR count). The zero-order chi connectivity index (χ0) is 19.8. The molecule has 0 fully saturated rings. The summed E-state index contributed by atoms with van der Waals surface area (Å²) >= 11 is 0. The van der Waals surface area contributed by atoms with Crippen LogP contribution in [0, 0.1) is 0 Å². The molecule has 7 nitrogen and oxygen atoms in total. The molecule has 26 heavy (non-hydrogen) atoms. The Kier molecular flexibility index (Phi) is 13.6. The second-order valence-electron chi connectivity index (χ2n) is 7.01. The molecule has 0 saturated heterocycles. The van der Waals surface area contributed by atoms with Crippen LogP contribution in [0.5, 0.6) is 0 Å². The first-order chi connectivity index (χ1) is 12.4. The molecule has 0 aliphatic heterocycles. The van der Waals surface area contributed by atoms with Gasteiger partial charge in [-0.2, -0.15) is 0 Å². The molecule has 0 unspecified atom stereocenters. The van der Waals surface area contributed by atoms with E-state index in [1.165, 1.54) is 82.0 Å². The van der Waals surface area contributed by atoms with Crippen LogP contribution in [0.4, 0.5) is 0 Å². The van der Waals surface area contributed by atoms with E-state index in [0.717, 1.165) is 0 Å². The first-order valence-corrected chi connectivity index (χ1v) is 10.2. The lowest BCUT2D eigenvalue weighted by molar-refractivity contribution is -0.929. The number of aromatic nitrogens is 3. The van der Waals surface area contributed by atoms with Gasteiger partial charge in [-0.3, -0.25) is 15.0 Å². The van der Waals surface area contributed by atoms with Crippen molar-refractivity contribution in [2.45, 2.75) is 79.1 Å². The molecule has 0 atom stereocenters. The standard InChI is InChI=1S/C16H36N.C3H3N3O3/c1-5-9-13-17(14-10-6-2,15-11-7-3)16-12-8-4;7-1-4-2(8)6-3(9)5-1/h5-16H2,1-4H3;(H3,4,5,6,7,8,9)/q+1;. The number of nitrogens with zero attached hydrogens (tertiary/aromatic N) is 1. The van der Waals surface area contributed by atoms with E-state index in [0.29, 0.717) is 0 Å². The van der Waals surface area contributed by atoms with Crippen LogP contribution >= 0.6 is 0 Å². The summed E-state index contributed by atoms with van der Waals surface area (Å²) in [5.74, 6) is 0. The molecule has 0 saturated carbocycles. The Labute approximate surface area is 156 Å². The van der Waals surface area contributed by atoms with E-state index < -0.39 is 17.1 Å². The van der Waals surface area contributed by atoms with Crippen molar-refractivity contribution in [2.75, 3.05) is 26.2 Å². The van der Waals surface area contributed by atoms with Gasteiger partial charge in [-0.1, -0.05) is 53.4 Å². The Hall–Kier alpha value is -1.63. The third-order valence-corrected chi connectivity index (χ3v) is 4.63. The maximum Gasteiger partial charge on any atom is 0.330 e. The quantitative estimate of drug-likeness (QED) is 0.493. The average molecular weight is 372 g/mol. The molecule has 0 aromatic carbocycles. The molecule has 152 valence electrons.